The summed E-state index contributed by atoms with van der Waals surface area (Å²) in [6, 6.07) is 5.55. The van der Waals surface area contributed by atoms with Gasteiger partial charge in [-0.2, -0.15) is 0 Å². The molecule has 0 radical (unpaired) electrons. The number of hydrogen-bond donors (Lipinski definition) is 1. The second kappa shape index (κ2) is 5.32. The van der Waals surface area contributed by atoms with E-state index in [4.69, 9.17) is 15.2 Å². The summed E-state index contributed by atoms with van der Waals surface area (Å²) in [6.45, 7) is 1.89. The average molecular weight is 265 g/mol. The summed E-state index contributed by atoms with van der Waals surface area (Å²) in [5.41, 5.74) is 6.71. The molecule has 0 saturated heterocycles. The Morgan fingerprint density at radius 2 is 1.89 bits per heavy atom. The molecule has 0 saturated carbocycles. The molecule has 0 bridgehead atoms. The number of rotatable bonds is 4. The Balaban J connectivity index is 2.38. The van der Waals surface area contributed by atoms with Gasteiger partial charge in [-0.25, -0.2) is 0 Å². The van der Waals surface area contributed by atoms with Gasteiger partial charge in [0, 0.05) is 5.56 Å². The van der Waals surface area contributed by atoms with Crippen molar-refractivity contribution in [3.05, 3.63) is 23.2 Å². The van der Waals surface area contributed by atoms with E-state index in [2.05, 4.69) is 10.2 Å². The molecule has 0 amide bonds. The van der Waals surface area contributed by atoms with Crippen molar-refractivity contribution in [1.82, 2.24) is 10.2 Å². The summed E-state index contributed by atoms with van der Waals surface area (Å²) in [5, 5.41) is 9.83. The van der Waals surface area contributed by atoms with Crippen LogP contribution in [-0.4, -0.2) is 24.4 Å². The van der Waals surface area contributed by atoms with E-state index < -0.39 is 0 Å². The first-order valence-corrected chi connectivity index (χ1v) is 6.28. The number of nitrogens with zero attached hydrogens (tertiary/aromatic N) is 2. The zero-order valence-electron chi connectivity index (χ0n) is 10.5. The Labute approximate surface area is 110 Å². The fourth-order valence-electron chi connectivity index (χ4n) is 1.50. The summed E-state index contributed by atoms with van der Waals surface area (Å²) in [5.74, 6) is 1.37. The largest absolute Gasteiger partial charge is 0.493 e. The number of ether oxygens (including phenoxy) is 2. The number of nitrogens with two attached hydrogens (primary N) is 1. The number of benzene rings is 1. The zero-order valence-corrected chi connectivity index (χ0v) is 11.3. The Morgan fingerprint density at radius 1 is 1.17 bits per heavy atom. The molecule has 18 heavy (non-hydrogen) atoms. The highest BCUT2D eigenvalue weighted by molar-refractivity contribution is 7.14. The second-order valence-electron chi connectivity index (χ2n) is 3.80. The molecule has 0 aliphatic rings. The minimum absolute atomic E-state index is 0.101. The van der Waals surface area contributed by atoms with Gasteiger partial charge in [0.1, 0.15) is 10.0 Å². The van der Waals surface area contributed by atoms with Gasteiger partial charge in [0.05, 0.1) is 20.3 Å². The average Bonchev–Trinajstić information content (AvgIpc) is 2.87. The lowest BCUT2D eigenvalue weighted by atomic mass is 10.2. The third-order valence-electron chi connectivity index (χ3n) is 2.46. The van der Waals surface area contributed by atoms with E-state index in [0.717, 1.165) is 15.6 Å². The Bertz CT molecular complexity index is 540. The highest BCUT2D eigenvalue weighted by Crippen LogP contribution is 2.33. The summed E-state index contributed by atoms with van der Waals surface area (Å²) < 4.78 is 10.5. The van der Waals surface area contributed by atoms with Gasteiger partial charge >= 0.3 is 0 Å². The van der Waals surface area contributed by atoms with Crippen LogP contribution in [0.4, 0.5) is 0 Å². The third kappa shape index (κ3) is 2.44. The van der Waals surface area contributed by atoms with Crippen LogP contribution in [0.2, 0.25) is 0 Å². The highest BCUT2D eigenvalue weighted by atomic mass is 32.1. The van der Waals surface area contributed by atoms with E-state index >= 15 is 0 Å². The maximum absolute atomic E-state index is 5.77. The Morgan fingerprint density at radius 3 is 2.44 bits per heavy atom. The summed E-state index contributed by atoms with van der Waals surface area (Å²) in [7, 11) is 3.21. The van der Waals surface area contributed by atoms with Crippen LogP contribution < -0.4 is 15.2 Å². The van der Waals surface area contributed by atoms with Crippen molar-refractivity contribution in [2.45, 2.75) is 13.0 Å². The number of hydrogen-bond acceptors (Lipinski definition) is 6. The van der Waals surface area contributed by atoms with Crippen LogP contribution in [0.25, 0.3) is 10.6 Å². The van der Waals surface area contributed by atoms with Crippen molar-refractivity contribution >= 4 is 11.3 Å². The van der Waals surface area contributed by atoms with Crippen LogP contribution in [0.1, 0.15) is 18.0 Å². The fourth-order valence-corrected chi connectivity index (χ4v) is 2.30. The van der Waals surface area contributed by atoms with Gasteiger partial charge in [-0.05, 0) is 25.1 Å². The van der Waals surface area contributed by atoms with Gasteiger partial charge in [0.25, 0.3) is 0 Å². The molecule has 2 aromatic rings. The minimum Gasteiger partial charge on any atom is -0.493 e. The van der Waals surface area contributed by atoms with Gasteiger partial charge in [-0.1, -0.05) is 11.3 Å². The maximum atomic E-state index is 5.77. The summed E-state index contributed by atoms with van der Waals surface area (Å²) in [4.78, 5) is 0. The molecule has 1 aromatic heterocycles. The first kappa shape index (κ1) is 12.8. The van der Waals surface area contributed by atoms with Crippen molar-refractivity contribution in [2.75, 3.05) is 14.2 Å². The van der Waals surface area contributed by atoms with Crippen molar-refractivity contribution < 1.29 is 9.47 Å². The molecule has 0 aliphatic carbocycles. The summed E-state index contributed by atoms with van der Waals surface area (Å²) in [6.07, 6.45) is 0. The van der Waals surface area contributed by atoms with Crippen LogP contribution in [-0.2, 0) is 0 Å². The number of methoxy groups -OCH3 is 2. The monoisotopic (exact) mass is 265 g/mol. The standard InChI is InChI=1S/C12H15N3O2S/c1-7(13)11-14-15-12(18-11)8-4-5-9(16-2)10(6-8)17-3/h4-7H,13H2,1-3H3. The molecule has 0 fully saturated rings. The Kier molecular flexibility index (Phi) is 3.78. The SMILES string of the molecule is COc1ccc(-c2nnc(C(C)N)s2)cc1OC. The lowest BCUT2D eigenvalue weighted by Gasteiger charge is -2.07. The molecule has 5 nitrogen and oxygen atoms in total. The molecular formula is C12H15N3O2S. The van der Waals surface area contributed by atoms with Gasteiger partial charge in [0.2, 0.25) is 0 Å². The molecule has 0 aliphatic heterocycles. The van der Waals surface area contributed by atoms with E-state index in [9.17, 15) is 0 Å². The van der Waals surface area contributed by atoms with Crippen LogP contribution in [0, 0.1) is 0 Å². The molecule has 2 N–H and O–H groups in total. The molecule has 1 aromatic carbocycles. The molecule has 1 heterocycles. The molecule has 2 rings (SSSR count). The lowest BCUT2D eigenvalue weighted by molar-refractivity contribution is 0.355. The Hall–Kier alpha value is -1.66. The smallest absolute Gasteiger partial charge is 0.161 e. The van der Waals surface area contributed by atoms with E-state index in [-0.39, 0.29) is 6.04 Å². The molecule has 1 atom stereocenters. The quantitative estimate of drug-likeness (QED) is 0.918. The van der Waals surface area contributed by atoms with Crippen LogP contribution in [0.3, 0.4) is 0 Å². The predicted molar refractivity (Wildman–Crippen MR) is 71.1 cm³/mol. The molecule has 96 valence electrons. The summed E-state index contributed by atoms with van der Waals surface area (Å²) >= 11 is 1.48. The number of aromatic nitrogens is 2. The van der Waals surface area contributed by atoms with E-state index in [1.165, 1.54) is 11.3 Å². The third-order valence-corrected chi connectivity index (χ3v) is 3.63. The zero-order chi connectivity index (χ0) is 13.1. The van der Waals surface area contributed by atoms with Gasteiger partial charge in [-0.3, -0.25) is 0 Å². The first-order chi connectivity index (χ1) is 8.65. The minimum atomic E-state index is -0.101. The van der Waals surface area contributed by atoms with Crippen LogP contribution in [0.15, 0.2) is 18.2 Å². The van der Waals surface area contributed by atoms with Gasteiger partial charge < -0.3 is 15.2 Å². The molecule has 1 unspecified atom stereocenters. The van der Waals surface area contributed by atoms with Gasteiger partial charge in [0.15, 0.2) is 11.5 Å². The van der Waals surface area contributed by atoms with Crippen molar-refractivity contribution in [3.63, 3.8) is 0 Å². The lowest BCUT2D eigenvalue weighted by Crippen LogP contribution is -2.03. The van der Waals surface area contributed by atoms with Crippen molar-refractivity contribution in [2.24, 2.45) is 5.73 Å². The van der Waals surface area contributed by atoms with Crippen LogP contribution >= 0.6 is 11.3 Å². The van der Waals surface area contributed by atoms with E-state index in [1.807, 2.05) is 25.1 Å². The van der Waals surface area contributed by atoms with E-state index in [0.29, 0.717) is 11.5 Å². The molecule has 0 spiro atoms. The van der Waals surface area contributed by atoms with Crippen molar-refractivity contribution in [3.8, 4) is 22.1 Å². The normalized spacial score (nSPS) is 12.2. The maximum Gasteiger partial charge on any atom is 0.161 e. The van der Waals surface area contributed by atoms with Gasteiger partial charge in [-0.15, -0.1) is 10.2 Å². The first-order valence-electron chi connectivity index (χ1n) is 5.47. The van der Waals surface area contributed by atoms with E-state index in [1.54, 1.807) is 14.2 Å². The molecule has 6 heteroatoms. The topological polar surface area (TPSA) is 70.3 Å². The highest BCUT2D eigenvalue weighted by Gasteiger charge is 2.12. The van der Waals surface area contributed by atoms with Crippen molar-refractivity contribution in [1.29, 1.82) is 0 Å². The van der Waals surface area contributed by atoms with Crippen LogP contribution in [0.5, 0.6) is 11.5 Å². The second-order valence-corrected chi connectivity index (χ2v) is 4.81. The predicted octanol–water partition coefficient (Wildman–Crippen LogP) is 2.24. The fraction of sp³-hybridized carbons (Fsp3) is 0.333. The molecular weight excluding hydrogens is 250 g/mol.